The summed E-state index contributed by atoms with van der Waals surface area (Å²) in [6.45, 7) is 0.152. The molecule has 0 atom stereocenters. The van der Waals surface area contributed by atoms with Crippen LogP contribution in [0.15, 0.2) is 12.3 Å². The number of hydrogen-bond donors (Lipinski definition) is 0. The normalized spacial score (nSPS) is 10.9. The number of aromatic nitrogens is 1. The van der Waals surface area contributed by atoms with E-state index in [1.807, 2.05) is 0 Å². The Labute approximate surface area is 84.1 Å². The summed E-state index contributed by atoms with van der Waals surface area (Å²) in [5.41, 5.74) is 0.562. The molecule has 0 fully saturated rings. The van der Waals surface area contributed by atoms with E-state index >= 15 is 0 Å². The highest BCUT2D eigenvalue weighted by molar-refractivity contribution is 5.43. The quantitative estimate of drug-likeness (QED) is 0.761. The van der Waals surface area contributed by atoms with Crippen LogP contribution in [0.2, 0.25) is 0 Å². The van der Waals surface area contributed by atoms with Gasteiger partial charge >= 0.3 is 6.18 Å². The summed E-state index contributed by atoms with van der Waals surface area (Å²) in [4.78, 5) is 3.57. The van der Waals surface area contributed by atoms with Crippen LogP contribution in [0, 0.1) is 18.3 Å². The molecule has 3 nitrogen and oxygen atoms in total. The van der Waals surface area contributed by atoms with Crippen LogP contribution in [0.3, 0.4) is 0 Å². The maximum absolute atomic E-state index is 11.8. The molecule has 6 heteroatoms. The highest BCUT2D eigenvalue weighted by Crippen LogP contribution is 2.21. The highest BCUT2D eigenvalue weighted by Gasteiger charge is 2.29. The fourth-order valence-corrected chi connectivity index (χ4v) is 0.929. The van der Waals surface area contributed by atoms with Crippen molar-refractivity contribution >= 4 is 0 Å². The third-order valence-electron chi connectivity index (χ3n) is 1.61. The first-order valence-electron chi connectivity index (χ1n) is 3.99. The summed E-state index contributed by atoms with van der Waals surface area (Å²) < 4.78 is 39.9. The van der Waals surface area contributed by atoms with Crippen molar-refractivity contribution in [2.75, 3.05) is 6.61 Å². The molecule has 15 heavy (non-hydrogen) atoms. The van der Waals surface area contributed by atoms with Crippen molar-refractivity contribution in [3.63, 3.8) is 0 Å². The van der Waals surface area contributed by atoms with Crippen molar-refractivity contribution in [2.24, 2.45) is 0 Å². The molecule has 0 amide bonds. The van der Waals surface area contributed by atoms with E-state index in [-0.39, 0.29) is 11.4 Å². The Morgan fingerprint density at radius 3 is 2.73 bits per heavy atom. The minimum absolute atomic E-state index is 0.0294. The first-order chi connectivity index (χ1) is 6.94. The van der Waals surface area contributed by atoms with Gasteiger partial charge in [0, 0.05) is 6.20 Å². The lowest BCUT2D eigenvalue weighted by Gasteiger charge is -2.09. The van der Waals surface area contributed by atoms with Gasteiger partial charge in [-0.15, -0.1) is 0 Å². The third-order valence-corrected chi connectivity index (χ3v) is 1.61. The van der Waals surface area contributed by atoms with Gasteiger partial charge in [-0.3, -0.25) is 0 Å². The Kier molecular flexibility index (Phi) is 3.14. The largest absolute Gasteiger partial charge is 0.467 e. The summed E-state index contributed by atoms with van der Waals surface area (Å²) in [6.07, 6.45) is -3.14. The van der Waals surface area contributed by atoms with E-state index in [0.717, 1.165) is 0 Å². The minimum atomic E-state index is -4.43. The Balaban J connectivity index is 2.87. The molecule has 0 spiro atoms. The first-order valence-corrected chi connectivity index (χ1v) is 3.99. The first kappa shape index (κ1) is 11.3. The predicted octanol–water partition coefficient (Wildman–Crippen LogP) is 2.20. The lowest BCUT2D eigenvalue weighted by molar-refractivity contribution is -0.154. The van der Waals surface area contributed by atoms with Crippen LogP contribution in [0.4, 0.5) is 13.2 Å². The summed E-state index contributed by atoms with van der Waals surface area (Å²) in [5.74, 6) is -0.283. The standard InChI is InChI=1S/C9H7F3N2O/c1-6-2-3-14-8(7(6)4-13)15-5-9(10,11)12/h2-3H,5H2,1H3. The molecule has 0 bridgehead atoms. The summed E-state index contributed by atoms with van der Waals surface area (Å²) in [7, 11) is 0. The molecule has 1 aromatic heterocycles. The average Bonchev–Trinajstić information content (AvgIpc) is 2.13. The monoisotopic (exact) mass is 216 g/mol. The number of aryl methyl sites for hydroxylation is 1. The lowest BCUT2D eigenvalue weighted by atomic mass is 10.2. The van der Waals surface area contributed by atoms with Gasteiger partial charge in [-0.25, -0.2) is 4.98 Å². The maximum Gasteiger partial charge on any atom is 0.422 e. The molecule has 1 heterocycles. The third kappa shape index (κ3) is 3.13. The topological polar surface area (TPSA) is 45.9 Å². The summed E-state index contributed by atoms with van der Waals surface area (Å²) in [5, 5.41) is 8.68. The fourth-order valence-electron chi connectivity index (χ4n) is 0.929. The van der Waals surface area contributed by atoms with Crippen molar-refractivity contribution in [3.8, 4) is 11.9 Å². The molecule has 0 aliphatic heterocycles. The molecule has 0 aromatic carbocycles. The van der Waals surface area contributed by atoms with Crippen LogP contribution in [-0.2, 0) is 0 Å². The predicted molar refractivity (Wildman–Crippen MR) is 45.2 cm³/mol. The zero-order valence-corrected chi connectivity index (χ0v) is 7.80. The molecule has 0 radical (unpaired) electrons. The van der Waals surface area contributed by atoms with Gasteiger partial charge in [-0.2, -0.15) is 18.4 Å². The van der Waals surface area contributed by atoms with Crippen LogP contribution in [0.1, 0.15) is 11.1 Å². The average molecular weight is 216 g/mol. The molecule has 0 saturated heterocycles. The van der Waals surface area contributed by atoms with Crippen LogP contribution in [0.25, 0.3) is 0 Å². The molecule has 80 valence electrons. The molecule has 0 aliphatic rings. The van der Waals surface area contributed by atoms with Crippen molar-refractivity contribution < 1.29 is 17.9 Å². The van der Waals surface area contributed by atoms with Gasteiger partial charge in [0.25, 0.3) is 0 Å². The van der Waals surface area contributed by atoms with Crippen LogP contribution < -0.4 is 4.74 Å². The van der Waals surface area contributed by atoms with Gasteiger partial charge in [-0.05, 0) is 18.6 Å². The highest BCUT2D eigenvalue weighted by atomic mass is 19.4. The number of hydrogen-bond acceptors (Lipinski definition) is 3. The second-order valence-corrected chi connectivity index (χ2v) is 2.82. The van der Waals surface area contributed by atoms with Gasteiger partial charge in [0.2, 0.25) is 5.88 Å². The molecular formula is C9H7F3N2O. The van der Waals surface area contributed by atoms with Crippen molar-refractivity contribution in [2.45, 2.75) is 13.1 Å². The molecule has 0 saturated carbocycles. The Hall–Kier alpha value is -1.77. The van der Waals surface area contributed by atoms with E-state index in [0.29, 0.717) is 5.56 Å². The molecular weight excluding hydrogens is 209 g/mol. The Morgan fingerprint density at radius 1 is 1.53 bits per heavy atom. The Morgan fingerprint density at radius 2 is 2.20 bits per heavy atom. The van der Waals surface area contributed by atoms with E-state index in [2.05, 4.69) is 9.72 Å². The van der Waals surface area contributed by atoms with E-state index in [4.69, 9.17) is 5.26 Å². The zero-order valence-electron chi connectivity index (χ0n) is 7.80. The Bertz CT molecular complexity index is 395. The second kappa shape index (κ2) is 4.17. The maximum atomic E-state index is 11.8. The van der Waals surface area contributed by atoms with Gasteiger partial charge in [0.1, 0.15) is 11.6 Å². The smallest absolute Gasteiger partial charge is 0.422 e. The number of alkyl halides is 3. The number of nitriles is 1. The van der Waals surface area contributed by atoms with Crippen molar-refractivity contribution in [1.82, 2.24) is 4.98 Å². The number of halogens is 3. The number of ether oxygens (including phenoxy) is 1. The molecule has 1 aromatic rings. The number of pyridine rings is 1. The minimum Gasteiger partial charge on any atom is -0.467 e. The van der Waals surface area contributed by atoms with Crippen LogP contribution in [-0.4, -0.2) is 17.8 Å². The summed E-state index contributed by atoms with van der Waals surface area (Å²) >= 11 is 0. The zero-order chi connectivity index (χ0) is 11.5. The van der Waals surface area contributed by atoms with Crippen molar-refractivity contribution in [3.05, 3.63) is 23.4 Å². The second-order valence-electron chi connectivity index (χ2n) is 2.82. The SMILES string of the molecule is Cc1ccnc(OCC(F)(F)F)c1C#N. The summed E-state index contributed by atoms with van der Waals surface area (Å²) in [6, 6.07) is 3.27. The lowest BCUT2D eigenvalue weighted by Crippen LogP contribution is -2.20. The van der Waals surface area contributed by atoms with E-state index in [1.165, 1.54) is 12.3 Å². The van der Waals surface area contributed by atoms with Gasteiger partial charge in [0.15, 0.2) is 6.61 Å². The van der Waals surface area contributed by atoms with Gasteiger partial charge < -0.3 is 4.74 Å². The van der Waals surface area contributed by atoms with E-state index in [9.17, 15) is 13.2 Å². The number of nitrogens with zero attached hydrogens (tertiary/aromatic N) is 2. The van der Waals surface area contributed by atoms with Crippen LogP contribution in [0.5, 0.6) is 5.88 Å². The van der Waals surface area contributed by atoms with Gasteiger partial charge in [-0.1, -0.05) is 0 Å². The molecule has 0 N–H and O–H groups in total. The van der Waals surface area contributed by atoms with Crippen molar-refractivity contribution in [1.29, 1.82) is 5.26 Å². The fraction of sp³-hybridized carbons (Fsp3) is 0.333. The van der Waals surface area contributed by atoms with E-state index < -0.39 is 12.8 Å². The van der Waals surface area contributed by atoms with Gasteiger partial charge in [0.05, 0.1) is 0 Å². The van der Waals surface area contributed by atoms with Crippen LogP contribution >= 0.6 is 0 Å². The number of rotatable bonds is 2. The molecule has 0 aliphatic carbocycles. The molecule has 0 unspecified atom stereocenters. The molecule has 1 rings (SSSR count). The van der Waals surface area contributed by atoms with E-state index in [1.54, 1.807) is 13.0 Å².